The van der Waals surface area contributed by atoms with Crippen molar-refractivity contribution in [1.82, 2.24) is 0 Å². The standard InChI is InChI=1S/C13H16O3/c1-10(14)13(7-8-13)12(15)16-9-11-5-3-2-4-6-11/h2-6,10,14H,7-9H2,1H3. The molecule has 1 fully saturated rings. The van der Waals surface area contributed by atoms with Crippen LogP contribution in [0.1, 0.15) is 25.3 Å². The Kier molecular flexibility index (Phi) is 2.97. The summed E-state index contributed by atoms with van der Waals surface area (Å²) in [7, 11) is 0. The summed E-state index contributed by atoms with van der Waals surface area (Å²) < 4.78 is 5.22. The molecule has 1 N–H and O–H groups in total. The first kappa shape index (κ1) is 11.1. The van der Waals surface area contributed by atoms with E-state index in [0.29, 0.717) is 0 Å². The van der Waals surface area contributed by atoms with Crippen molar-refractivity contribution in [1.29, 1.82) is 0 Å². The van der Waals surface area contributed by atoms with Gasteiger partial charge in [-0.1, -0.05) is 30.3 Å². The maximum absolute atomic E-state index is 11.8. The maximum Gasteiger partial charge on any atom is 0.315 e. The molecule has 0 saturated heterocycles. The molecule has 1 atom stereocenters. The quantitative estimate of drug-likeness (QED) is 0.788. The lowest BCUT2D eigenvalue weighted by molar-refractivity contribution is -0.155. The minimum Gasteiger partial charge on any atom is -0.460 e. The molecular formula is C13H16O3. The SMILES string of the molecule is CC(O)C1(C(=O)OCc2ccccc2)CC1. The molecule has 3 nitrogen and oxygen atoms in total. The molecule has 0 bridgehead atoms. The van der Waals surface area contributed by atoms with Crippen molar-refractivity contribution in [3.05, 3.63) is 35.9 Å². The third-order valence-corrected chi connectivity index (χ3v) is 3.21. The molecule has 1 aromatic carbocycles. The molecule has 1 saturated carbocycles. The molecule has 1 aliphatic rings. The van der Waals surface area contributed by atoms with E-state index in [2.05, 4.69) is 0 Å². The molecule has 2 rings (SSSR count). The number of benzene rings is 1. The van der Waals surface area contributed by atoms with Crippen LogP contribution < -0.4 is 0 Å². The van der Waals surface area contributed by atoms with E-state index in [-0.39, 0.29) is 12.6 Å². The summed E-state index contributed by atoms with van der Waals surface area (Å²) in [5, 5.41) is 9.51. The summed E-state index contributed by atoms with van der Waals surface area (Å²) in [6.07, 6.45) is 0.854. The normalized spacial score (nSPS) is 18.9. The van der Waals surface area contributed by atoms with Crippen LogP contribution in [0, 0.1) is 5.41 Å². The number of aliphatic hydroxyl groups excluding tert-OH is 1. The lowest BCUT2D eigenvalue weighted by atomic mass is 10.0. The molecule has 1 aromatic rings. The first-order valence-corrected chi connectivity index (χ1v) is 5.54. The number of aliphatic hydroxyl groups is 1. The Bertz CT molecular complexity index is 366. The van der Waals surface area contributed by atoms with Gasteiger partial charge in [-0.15, -0.1) is 0 Å². The zero-order chi connectivity index (χ0) is 11.6. The van der Waals surface area contributed by atoms with Gasteiger partial charge in [0.25, 0.3) is 0 Å². The number of ether oxygens (including phenoxy) is 1. The number of carbonyl (C=O) groups excluding carboxylic acids is 1. The zero-order valence-corrected chi connectivity index (χ0v) is 9.35. The highest BCUT2D eigenvalue weighted by Gasteiger charge is 2.55. The van der Waals surface area contributed by atoms with Gasteiger partial charge in [0.15, 0.2) is 0 Å². The molecule has 0 amide bonds. The van der Waals surface area contributed by atoms with Crippen molar-refractivity contribution in [3.63, 3.8) is 0 Å². The fourth-order valence-electron chi connectivity index (χ4n) is 1.79. The number of rotatable bonds is 4. The molecule has 0 aliphatic heterocycles. The lowest BCUT2D eigenvalue weighted by Crippen LogP contribution is -2.29. The minimum absolute atomic E-state index is 0.272. The van der Waals surface area contributed by atoms with Gasteiger partial charge in [-0.2, -0.15) is 0 Å². The number of esters is 1. The van der Waals surface area contributed by atoms with Crippen LogP contribution in [0.5, 0.6) is 0 Å². The van der Waals surface area contributed by atoms with E-state index in [0.717, 1.165) is 18.4 Å². The Morgan fingerprint density at radius 1 is 1.44 bits per heavy atom. The van der Waals surface area contributed by atoms with Crippen LogP contribution >= 0.6 is 0 Å². The summed E-state index contributed by atoms with van der Waals surface area (Å²) in [6, 6.07) is 9.56. The number of carbonyl (C=O) groups is 1. The van der Waals surface area contributed by atoms with E-state index >= 15 is 0 Å². The molecule has 1 aliphatic carbocycles. The Morgan fingerprint density at radius 2 is 2.06 bits per heavy atom. The van der Waals surface area contributed by atoms with Crippen molar-refractivity contribution in [3.8, 4) is 0 Å². The molecule has 0 radical (unpaired) electrons. The van der Waals surface area contributed by atoms with Crippen molar-refractivity contribution in [2.24, 2.45) is 5.41 Å². The fourth-order valence-corrected chi connectivity index (χ4v) is 1.79. The van der Waals surface area contributed by atoms with Crippen LogP contribution in [0.2, 0.25) is 0 Å². The Morgan fingerprint density at radius 3 is 2.56 bits per heavy atom. The second-order valence-electron chi connectivity index (χ2n) is 4.39. The van der Waals surface area contributed by atoms with Crippen LogP contribution in [0.4, 0.5) is 0 Å². The van der Waals surface area contributed by atoms with Gasteiger partial charge in [-0.3, -0.25) is 4.79 Å². The van der Waals surface area contributed by atoms with Gasteiger partial charge in [0.2, 0.25) is 0 Å². The molecule has 16 heavy (non-hydrogen) atoms. The van der Waals surface area contributed by atoms with Crippen LogP contribution in [-0.2, 0) is 16.1 Å². The van der Waals surface area contributed by atoms with Crippen LogP contribution in [0.15, 0.2) is 30.3 Å². The summed E-state index contributed by atoms with van der Waals surface area (Å²) in [6.45, 7) is 1.94. The van der Waals surface area contributed by atoms with Crippen LogP contribution in [0.3, 0.4) is 0 Å². The van der Waals surface area contributed by atoms with Gasteiger partial charge >= 0.3 is 5.97 Å². The predicted octanol–water partition coefficient (Wildman–Crippen LogP) is 1.89. The highest BCUT2D eigenvalue weighted by molar-refractivity contribution is 5.80. The van der Waals surface area contributed by atoms with Crippen LogP contribution in [0.25, 0.3) is 0 Å². The second kappa shape index (κ2) is 4.26. The Hall–Kier alpha value is -1.35. The monoisotopic (exact) mass is 220 g/mol. The predicted molar refractivity (Wildman–Crippen MR) is 59.6 cm³/mol. The van der Waals surface area contributed by atoms with Gasteiger partial charge in [0, 0.05) is 0 Å². The van der Waals surface area contributed by atoms with Crippen LogP contribution in [-0.4, -0.2) is 17.2 Å². The first-order valence-electron chi connectivity index (χ1n) is 5.54. The Balaban J connectivity index is 1.90. The van der Waals surface area contributed by atoms with E-state index < -0.39 is 11.5 Å². The molecular weight excluding hydrogens is 204 g/mol. The Labute approximate surface area is 95.0 Å². The van der Waals surface area contributed by atoms with E-state index in [1.165, 1.54) is 0 Å². The smallest absolute Gasteiger partial charge is 0.315 e. The average Bonchev–Trinajstić information content (AvgIpc) is 3.08. The third kappa shape index (κ3) is 2.09. The van der Waals surface area contributed by atoms with E-state index in [4.69, 9.17) is 4.74 Å². The average molecular weight is 220 g/mol. The fraction of sp³-hybridized carbons (Fsp3) is 0.462. The summed E-state index contributed by atoms with van der Waals surface area (Å²) in [4.78, 5) is 11.8. The highest BCUT2D eigenvalue weighted by atomic mass is 16.5. The summed E-state index contributed by atoms with van der Waals surface area (Å²) >= 11 is 0. The third-order valence-electron chi connectivity index (χ3n) is 3.21. The zero-order valence-electron chi connectivity index (χ0n) is 9.35. The number of hydrogen-bond donors (Lipinski definition) is 1. The largest absolute Gasteiger partial charge is 0.460 e. The van der Waals surface area contributed by atoms with E-state index in [1.54, 1.807) is 6.92 Å². The molecule has 0 aromatic heterocycles. The maximum atomic E-state index is 11.8. The van der Waals surface area contributed by atoms with Crippen molar-refractivity contribution in [2.45, 2.75) is 32.5 Å². The molecule has 3 heteroatoms. The topological polar surface area (TPSA) is 46.5 Å². The van der Waals surface area contributed by atoms with Crippen molar-refractivity contribution in [2.75, 3.05) is 0 Å². The van der Waals surface area contributed by atoms with Gasteiger partial charge in [-0.25, -0.2) is 0 Å². The highest BCUT2D eigenvalue weighted by Crippen LogP contribution is 2.49. The first-order chi connectivity index (χ1) is 7.65. The van der Waals surface area contributed by atoms with Crippen molar-refractivity contribution < 1.29 is 14.6 Å². The van der Waals surface area contributed by atoms with E-state index in [9.17, 15) is 9.90 Å². The van der Waals surface area contributed by atoms with Gasteiger partial charge in [0.05, 0.1) is 11.5 Å². The minimum atomic E-state index is -0.616. The molecule has 0 heterocycles. The van der Waals surface area contributed by atoms with Crippen molar-refractivity contribution >= 4 is 5.97 Å². The summed E-state index contributed by atoms with van der Waals surface area (Å²) in [5.41, 5.74) is 0.353. The lowest BCUT2D eigenvalue weighted by Gasteiger charge is -2.16. The molecule has 1 unspecified atom stereocenters. The van der Waals surface area contributed by atoms with Gasteiger partial charge < -0.3 is 9.84 Å². The van der Waals surface area contributed by atoms with Gasteiger partial charge in [-0.05, 0) is 25.3 Å². The van der Waals surface area contributed by atoms with Gasteiger partial charge in [0.1, 0.15) is 6.61 Å². The van der Waals surface area contributed by atoms with E-state index in [1.807, 2.05) is 30.3 Å². The number of hydrogen-bond acceptors (Lipinski definition) is 3. The second-order valence-corrected chi connectivity index (χ2v) is 4.39. The molecule has 86 valence electrons. The molecule has 0 spiro atoms. The summed E-state index contributed by atoms with van der Waals surface area (Å²) in [5.74, 6) is -0.272.